The van der Waals surface area contributed by atoms with Crippen LogP contribution in [0.1, 0.15) is 6.92 Å². The molecule has 15 heavy (non-hydrogen) atoms. The Bertz CT molecular complexity index is 260. The Balaban J connectivity index is 3.62. The first-order valence-corrected chi connectivity index (χ1v) is 5.04. The Morgan fingerprint density at radius 3 is 2.13 bits per heavy atom. The molecule has 1 N–H and O–H groups in total. The Kier molecular flexibility index (Phi) is 6.72. The summed E-state index contributed by atoms with van der Waals surface area (Å²) in [7, 11) is 0. The Hall–Kier alpha value is -0.450. The van der Waals surface area contributed by atoms with E-state index in [1.807, 2.05) is 0 Å². The van der Waals surface area contributed by atoms with Gasteiger partial charge in [0.15, 0.2) is 0 Å². The maximum Gasteiger partial charge on any atom is 0.302 e. The van der Waals surface area contributed by atoms with E-state index in [2.05, 4.69) is 4.74 Å². The zero-order chi connectivity index (χ0) is 11.9. The molecule has 0 amide bonds. The fraction of sp³-hybridized carbons (Fsp3) is 0.500. The molecule has 0 aliphatic rings. The number of esters is 1. The standard InChI is InChI=1S/C8H10Cl3NO3/c1-6(13)14-4-2-3-5-15-7(12)8(9,10)11/h2-3,12H,4-5H2,1H3. The highest BCUT2D eigenvalue weighted by molar-refractivity contribution is 6.76. The first kappa shape index (κ1) is 14.6. The molecule has 0 bridgehead atoms. The molecule has 0 heterocycles. The molecule has 0 radical (unpaired) electrons. The van der Waals surface area contributed by atoms with Crippen molar-refractivity contribution in [2.24, 2.45) is 0 Å². The lowest BCUT2D eigenvalue weighted by Gasteiger charge is -2.11. The average molecular weight is 275 g/mol. The lowest BCUT2D eigenvalue weighted by Crippen LogP contribution is -2.21. The summed E-state index contributed by atoms with van der Waals surface area (Å²) < 4.78 is 7.53. The molecule has 0 spiro atoms. The highest BCUT2D eigenvalue weighted by Crippen LogP contribution is 2.27. The van der Waals surface area contributed by atoms with E-state index in [-0.39, 0.29) is 19.2 Å². The molecular formula is C8H10Cl3NO3. The summed E-state index contributed by atoms with van der Waals surface area (Å²) in [5.41, 5.74) is 0. The second-order valence-corrected chi connectivity index (χ2v) is 4.69. The summed E-state index contributed by atoms with van der Waals surface area (Å²) in [5, 5.41) is 7.15. The minimum Gasteiger partial charge on any atom is -0.474 e. The van der Waals surface area contributed by atoms with Crippen molar-refractivity contribution >= 4 is 46.7 Å². The first-order chi connectivity index (χ1) is 6.84. The van der Waals surface area contributed by atoms with Crippen LogP contribution in [0.3, 0.4) is 0 Å². The molecule has 0 unspecified atom stereocenters. The molecule has 7 heteroatoms. The summed E-state index contributed by atoms with van der Waals surface area (Å²) in [4.78, 5) is 10.3. The number of halogens is 3. The molecule has 4 nitrogen and oxygen atoms in total. The smallest absolute Gasteiger partial charge is 0.302 e. The summed E-state index contributed by atoms with van der Waals surface area (Å²) in [6, 6.07) is 0. The molecule has 0 saturated carbocycles. The molecule has 0 aliphatic heterocycles. The van der Waals surface area contributed by atoms with Crippen molar-refractivity contribution < 1.29 is 14.3 Å². The number of carbonyl (C=O) groups is 1. The van der Waals surface area contributed by atoms with Crippen molar-refractivity contribution in [1.82, 2.24) is 0 Å². The monoisotopic (exact) mass is 273 g/mol. The highest BCUT2D eigenvalue weighted by atomic mass is 35.6. The van der Waals surface area contributed by atoms with E-state index in [0.29, 0.717) is 0 Å². The molecule has 0 atom stereocenters. The van der Waals surface area contributed by atoms with Gasteiger partial charge in [0.2, 0.25) is 5.90 Å². The van der Waals surface area contributed by atoms with Gasteiger partial charge in [-0.25, -0.2) is 0 Å². The van der Waals surface area contributed by atoms with Crippen LogP contribution in [0.4, 0.5) is 0 Å². The molecule has 0 aromatic carbocycles. The van der Waals surface area contributed by atoms with Gasteiger partial charge in [-0.3, -0.25) is 10.2 Å². The third-order valence-electron chi connectivity index (χ3n) is 1.13. The third-order valence-corrected chi connectivity index (χ3v) is 1.65. The quantitative estimate of drug-likeness (QED) is 0.282. The minimum absolute atomic E-state index is 0.0774. The number of hydrogen-bond acceptors (Lipinski definition) is 4. The Morgan fingerprint density at radius 2 is 1.73 bits per heavy atom. The normalized spacial score (nSPS) is 11.5. The first-order valence-electron chi connectivity index (χ1n) is 3.91. The van der Waals surface area contributed by atoms with Crippen molar-refractivity contribution in [3.8, 4) is 0 Å². The molecule has 0 aromatic heterocycles. The molecular weight excluding hydrogens is 264 g/mol. The number of rotatable bonds is 4. The van der Waals surface area contributed by atoms with Crippen molar-refractivity contribution in [2.45, 2.75) is 10.7 Å². The van der Waals surface area contributed by atoms with Crippen molar-refractivity contribution in [2.75, 3.05) is 13.2 Å². The van der Waals surface area contributed by atoms with Gasteiger partial charge in [-0.1, -0.05) is 34.8 Å². The molecule has 0 fully saturated rings. The van der Waals surface area contributed by atoms with Gasteiger partial charge in [0.05, 0.1) is 0 Å². The van der Waals surface area contributed by atoms with Crippen LogP contribution in [-0.2, 0) is 14.3 Å². The van der Waals surface area contributed by atoms with Crippen LogP contribution in [0.2, 0.25) is 0 Å². The topological polar surface area (TPSA) is 59.4 Å². The van der Waals surface area contributed by atoms with E-state index in [0.717, 1.165) is 0 Å². The molecule has 0 saturated heterocycles. The van der Waals surface area contributed by atoms with Gasteiger partial charge in [0.1, 0.15) is 13.2 Å². The molecule has 0 aromatic rings. The van der Waals surface area contributed by atoms with Crippen molar-refractivity contribution in [1.29, 1.82) is 5.41 Å². The summed E-state index contributed by atoms with van der Waals surface area (Å²) >= 11 is 16.1. The number of hydrogen-bond donors (Lipinski definition) is 1. The number of nitrogens with one attached hydrogen (secondary N) is 1. The number of carbonyl (C=O) groups excluding carboxylic acids is 1. The lowest BCUT2D eigenvalue weighted by atomic mass is 10.5. The van der Waals surface area contributed by atoms with Crippen LogP contribution < -0.4 is 0 Å². The van der Waals surface area contributed by atoms with Gasteiger partial charge in [-0.15, -0.1) is 0 Å². The highest BCUT2D eigenvalue weighted by Gasteiger charge is 2.28. The maximum atomic E-state index is 10.3. The third kappa shape index (κ3) is 8.54. The zero-order valence-electron chi connectivity index (χ0n) is 7.93. The second kappa shape index (κ2) is 6.93. The van der Waals surface area contributed by atoms with E-state index in [4.69, 9.17) is 44.9 Å². The largest absolute Gasteiger partial charge is 0.474 e. The van der Waals surface area contributed by atoms with Gasteiger partial charge in [0.25, 0.3) is 3.79 Å². The van der Waals surface area contributed by atoms with Gasteiger partial charge in [0, 0.05) is 6.92 Å². The second-order valence-electron chi connectivity index (χ2n) is 2.41. The van der Waals surface area contributed by atoms with Crippen LogP contribution in [0, 0.1) is 5.41 Å². The fourth-order valence-electron chi connectivity index (χ4n) is 0.515. The Labute approximate surface area is 103 Å². The van der Waals surface area contributed by atoms with Gasteiger partial charge >= 0.3 is 5.97 Å². The van der Waals surface area contributed by atoms with Crippen molar-refractivity contribution in [3.63, 3.8) is 0 Å². The van der Waals surface area contributed by atoms with Crippen LogP contribution in [0.25, 0.3) is 0 Å². The van der Waals surface area contributed by atoms with E-state index in [1.165, 1.54) is 6.92 Å². The number of ether oxygens (including phenoxy) is 2. The maximum absolute atomic E-state index is 10.3. The average Bonchev–Trinajstić information content (AvgIpc) is 2.08. The summed E-state index contributed by atoms with van der Waals surface area (Å²) in [6.07, 6.45) is 3.11. The minimum atomic E-state index is -1.84. The van der Waals surface area contributed by atoms with Gasteiger partial charge in [-0.05, 0) is 12.2 Å². The van der Waals surface area contributed by atoms with E-state index in [9.17, 15) is 4.79 Å². The van der Waals surface area contributed by atoms with Crippen LogP contribution in [0.15, 0.2) is 12.2 Å². The van der Waals surface area contributed by atoms with Crippen LogP contribution >= 0.6 is 34.8 Å². The van der Waals surface area contributed by atoms with E-state index in [1.54, 1.807) is 12.2 Å². The fourth-order valence-corrected chi connectivity index (χ4v) is 0.678. The SMILES string of the molecule is CC(=O)OCC=CCOC(=N)C(Cl)(Cl)Cl. The van der Waals surface area contributed by atoms with Gasteiger partial charge in [-0.2, -0.15) is 0 Å². The summed E-state index contributed by atoms with van der Waals surface area (Å²) in [6.45, 7) is 1.54. The van der Waals surface area contributed by atoms with Crippen LogP contribution in [-0.4, -0.2) is 28.9 Å². The molecule has 0 rings (SSSR count). The summed E-state index contributed by atoms with van der Waals surface area (Å²) in [5.74, 6) is -0.820. The van der Waals surface area contributed by atoms with E-state index >= 15 is 0 Å². The number of alkyl halides is 3. The lowest BCUT2D eigenvalue weighted by molar-refractivity contribution is -0.139. The van der Waals surface area contributed by atoms with Crippen LogP contribution in [0.5, 0.6) is 0 Å². The van der Waals surface area contributed by atoms with E-state index < -0.39 is 9.69 Å². The van der Waals surface area contributed by atoms with Gasteiger partial charge < -0.3 is 9.47 Å². The van der Waals surface area contributed by atoms with Crippen molar-refractivity contribution in [3.05, 3.63) is 12.2 Å². The predicted octanol–water partition coefficient (Wildman–Crippen LogP) is 2.47. The zero-order valence-corrected chi connectivity index (χ0v) is 10.2. The Morgan fingerprint density at radius 1 is 1.27 bits per heavy atom. The molecule has 0 aliphatic carbocycles. The molecule has 86 valence electrons. The predicted molar refractivity (Wildman–Crippen MR) is 59.7 cm³/mol.